The van der Waals surface area contributed by atoms with Gasteiger partial charge in [-0.25, -0.2) is 0 Å². The average molecular weight is 800 g/mol. The standard InChI is InChI=1S/C57H62BN3/c1-37-34-48-50-49(35-37)61(45-31-26-40(27-32-45)55(6,7)8)51-38(2)53(59(42-20-16-14-17-21-42)43-22-18-15-19-23-43)57(12,13)52(51)58(50)46-36-41(56(9,10)11)28-33-47(46)60(48)44-29-24-39(25-30-44)54(3,4)5/h14-36H,1-13H3. The highest BCUT2D eigenvalue weighted by Crippen LogP contribution is 2.58. The molecule has 0 radical (unpaired) electrons. The molecule has 3 aliphatic rings. The van der Waals surface area contributed by atoms with Crippen molar-refractivity contribution >= 4 is 57.5 Å². The largest absolute Gasteiger partial charge is 0.313 e. The Morgan fingerprint density at radius 2 is 0.934 bits per heavy atom. The number of fused-ring (bicyclic) bond motifs is 3. The average Bonchev–Trinajstić information content (AvgIpc) is 3.41. The molecule has 3 nitrogen and oxygen atoms in total. The van der Waals surface area contributed by atoms with Crippen LogP contribution in [-0.4, -0.2) is 6.71 Å². The van der Waals surface area contributed by atoms with E-state index in [2.05, 4.69) is 244 Å². The third-order valence-electron chi connectivity index (χ3n) is 13.5. The lowest BCUT2D eigenvalue weighted by atomic mass is 9.30. The van der Waals surface area contributed by atoms with Gasteiger partial charge >= 0.3 is 0 Å². The number of allylic oxidation sites excluding steroid dienone is 2. The van der Waals surface area contributed by atoms with Crippen molar-refractivity contribution in [1.29, 1.82) is 0 Å². The van der Waals surface area contributed by atoms with Gasteiger partial charge in [-0.1, -0.05) is 154 Å². The Balaban J connectivity index is 1.38. The maximum Gasteiger partial charge on any atom is 0.248 e. The lowest BCUT2D eigenvalue weighted by Crippen LogP contribution is -2.58. The van der Waals surface area contributed by atoms with Crippen LogP contribution in [-0.2, 0) is 16.2 Å². The Kier molecular flexibility index (Phi) is 9.44. The molecule has 6 aromatic carbocycles. The highest BCUT2D eigenvalue weighted by atomic mass is 15.2. The van der Waals surface area contributed by atoms with E-state index in [0.717, 1.165) is 11.4 Å². The number of rotatable bonds is 5. The van der Waals surface area contributed by atoms with E-state index in [1.54, 1.807) is 0 Å². The fourth-order valence-corrected chi connectivity index (χ4v) is 10.4. The van der Waals surface area contributed by atoms with Gasteiger partial charge < -0.3 is 14.7 Å². The van der Waals surface area contributed by atoms with E-state index in [-0.39, 0.29) is 28.4 Å². The molecule has 1 aliphatic carbocycles. The van der Waals surface area contributed by atoms with Crippen LogP contribution in [0.15, 0.2) is 162 Å². The molecule has 0 spiro atoms. The summed E-state index contributed by atoms with van der Waals surface area (Å²) in [7, 11) is 0. The monoisotopic (exact) mass is 800 g/mol. The first-order chi connectivity index (χ1) is 28.8. The number of para-hydroxylation sites is 2. The second-order valence-electron chi connectivity index (χ2n) is 21.3. The summed E-state index contributed by atoms with van der Waals surface area (Å²) in [6.45, 7) is 30.5. The molecule has 0 N–H and O–H groups in total. The van der Waals surface area contributed by atoms with Crippen LogP contribution in [0.4, 0.5) is 39.8 Å². The van der Waals surface area contributed by atoms with Gasteiger partial charge in [0.15, 0.2) is 0 Å². The summed E-state index contributed by atoms with van der Waals surface area (Å²) in [4.78, 5) is 7.72. The third-order valence-corrected chi connectivity index (χ3v) is 13.5. The highest BCUT2D eigenvalue weighted by molar-refractivity contribution is 6.95. The predicted octanol–water partition coefficient (Wildman–Crippen LogP) is 14.4. The summed E-state index contributed by atoms with van der Waals surface area (Å²) < 4.78 is 0. The quantitative estimate of drug-likeness (QED) is 0.161. The number of aryl methyl sites for hydroxylation is 1. The van der Waals surface area contributed by atoms with Crippen LogP contribution >= 0.6 is 0 Å². The number of hydrogen-bond acceptors (Lipinski definition) is 3. The fraction of sp³-hybridized carbons (Fsp3) is 0.298. The molecular formula is C57H62BN3. The van der Waals surface area contributed by atoms with Gasteiger partial charge in [0.2, 0.25) is 6.71 Å². The van der Waals surface area contributed by atoms with Gasteiger partial charge in [0.05, 0.1) is 0 Å². The van der Waals surface area contributed by atoms with Crippen LogP contribution in [0.25, 0.3) is 0 Å². The minimum Gasteiger partial charge on any atom is -0.313 e. The van der Waals surface area contributed by atoms with E-state index in [0.29, 0.717) is 0 Å². The molecule has 6 aromatic rings. The number of anilines is 7. The predicted molar refractivity (Wildman–Crippen MR) is 264 cm³/mol. The minimum atomic E-state index is -0.384. The van der Waals surface area contributed by atoms with Crippen LogP contribution < -0.4 is 25.6 Å². The van der Waals surface area contributed by atoms with Crippen LogP contribution in [0.1, 0.15) is 105 Å². The molecular weight excluding hydrogens is 737 g/mol. The zero-order chi connectivity index (χ0) is 43.4. The summed E-state index contributed by atoms with van der Waals surface area (Å²) in [6, 6.07) is 52.9. The smallest absolute Gasteiger partial charge is 0.248 e. The summed E-state index contributed by atoms with van der Waals surface area (Å²) in [6.07, 6.45) is 0. The Bertz CT molecular complexity index is 2680. The first-order valence-corrected chi connectivity index (χ1v) is 22.2. The van der Waals surface area contributed by atoms with Crippen molar-refractivity contribution in [3.05, 3.63) is 184 Å². The SMILES string of the molecule is CC1=C(N(c2ccccc2)c2ccccc2)C(C)(C)C2=C1N(c1ccc(C(C)(C)C)cc1)c1cc(C)cc3c1B2c1cc(C(C)(C)C)ccc1N3c1ccc(C(C)(C)C)cc1. The van der Waals surface area contributed by atoms with Gasteiger partial charge in [-0.3, -0.25) is 0 Å². The van der Waals surface area contributed by atoms with Gasteiger partial charge in [0, 0.05) is 56.6 Å². The molecule has 0 atom stereocenters. The molecule has 0 fully saturated rings. The van der Waals surface area contributed by atoms with Crippen LogP contribution in [0, 0.1) is 12.3 Å². The fourth-order valence-electron chi connectivity index (χ4n) is 10.4. The number of benzene rings is 6. The molecule has 0 saturated heterocycles. The lowest BCUT2D eigenvalue weighted by molar-refractivity contribution is 0.559. The van der Waals surface area contributed by atoms with E-state index in [4.69, 9.17) is 0 Å². The van der Waals surface area contributed by atoms with Crippen LogP contribution in [0.2, 0.25) is 0 Å². The molecule has 0 aromatic heterocycles. The van der Waals surface area contributed by atoms with Gasteiger partial charge in [-0.2, -0.15) is 0 Å². The molecule has 61 heavy (non-hydrogen) atoms. The number of nitrogens with zero attached hydrogens (tertiary/aromatic N) is 3. The molecule has 0 saturated carbocycles. The summed E-state index contributed by atoms with van der Waals surface area (Å²) in [5.41, 5.74) is 21.5. The molecule has 2 heterocycles. The Hall–Kier alpha value is -5.74. The zero-order valence-electron chi connectivity index (χ0n) is 38.7. The van der Waals surface area contributed by atoms with Crippen molar-refractivity contribution in [3.8, 4) is 0 Å². The van der Waals surface area contributed by atoms with E-state index in [1.807, 2.05) is 0 Å². The van der Waals surface area contributed by atoms with Crippen molar-refractivity contribution in [3.63, 3.8) is 0 Å². The Morgan fingerprint density at radius 1 is 0.492 bits per heavy atom. The lowest BCUT2D eigenvalue weighted by Gasteiger charge is -2.47. The molecule has 0 unspecified atom stereocenters. The zero-order valence-corrected chi connectivity index (χ0v) is 38.7. The van der Waals surface area contributed by atoms with Gasteiger partial charge in [0.1, 0.15) is 0 Å². The van der Waals surface area contributed by atoms with Crippen LogP contribution in [0.3, 0.4) is 0 Å². The molecule has 0 amide bonds. The first kappa shape index (κ1) is 40.7. The summed E-state index contributed by atoms with van der Waals surface area (Å²) in [5, 5.41) is 0. The summed E-state index contributed by atoms with van der Waals surface area (Å²) >= 11 is 0. The Labute approximate surface area is 366 Å². The third kappa shape index (κ3) is 6.65. The minimum absolute atomic E-state index is 0.0175. The highest BCUT2D eigenvalue weighted by Gasteiger charge is 2.54. The molecule has 4 heteroatoms. The van der Waals surface area contributed by atoms with Crippen molar-refractivity contribution in [2.24, 2.45) is 5.41 Å². The second kappa shape index (κ2) is 14.2. The van der Waals surface area contributed by atoms with E-state index in [9.17, 15) is 0 Å². The molecule has 308 valence electrons. The maximum absolute atomic E-state index is 2.63. The first-order valence-electron chi connectivity index (χ1n) is 22.2. The summed E-state index contributed by atoms with van der Waals surface area (Å²) in [5.74, 6) is 0. The normalized spacial score (nSPS) is 15.9. The molecule has 9 rings (SSSR count). The Morgan fingerprint density at radius 3 is 1.41 bits per heavy atom. The van der Waals surface area contributed by atoms with Gasteiger partial charge in [0.25, 0.3) is 0 Å². The van der Waals surface area contributed by atoms with Gasteiger partial charge in [-0.15, -0.1) is 0 Å². The molecule has 2 aliphatic heterocycles. The van der Waals surface area contributed by atoms with E-state index < -0.39 is 0 Å². The van der Waals surface area contributed by atoms with E-state index in [1.165, 1.54) is 84.1 Å². The van der Waals surface area contributed by atoms with Crippen molar-refractivity contribution in [2.75, 3.05) is 14.7 Å². The van der Waals surface area contributed by atoms with Gasteiger partial charge in [-0.05, 0) is 136 Å². The van der Waals surface area contributed by atoms with Crippen LogP contribution in [0.5, 0.6) is 0 Å². The van der Waals surface area contributed by atoms with E-state index >= 15 is 0 Å². The van der Waals surface area contributed by atoms with Crippen molar-refractivity contribution in [2.45, 2.75) is 106 Å². The second-order valence-corrected chi connectivity index (χ2v) is 21.3. The molecule has 0 bridgehead atoms. The maximum atomic E-state index is 2.63. The number of hydrogen-bond donors (Lipinski definition) is 0. The van der Waals surface area contributed by atoms with Crippen molar-refractivity contribution in [1.82, 2.24) is 0 Å². The topological polar surface area (TPSA) is 9.72 Å². The van der Waals surface area contributed by atoms with Crippen molar-refractivity contribution < 1.29 is 0 Å².